The number of aromatic nitrogens is 2. The van der Waals surface area contributed by atoms with Crippen LogP contribution in [0.3, 0.4) is 0 Å². The summed E-state index contributed by atoms with van der Waals surface area (Å²) in [6, 6.07) is 9.93. The second kappa shape index (κ2) is 5.49. The molecule has 4 nitrogen and oxygen atoms in total. The average Bonchev–Trinajstić information content (AvgIpc) is 2.36. The highest BCUT2D eigenvalue weighted by atomic mass is 16.1. The van der Waals surface area contributed by atoms with E-state index in [4.69, 9.17) is 0 Å². The minimum atomic E-state index is -0.0673. The van der Waals surface area contributed by atoms with Gasteiger partial charge in [-0.05, 0) is 19.4 Å². The van der Waals surface area contributed by atoms with Crippen molar-refractivity contribution in [2.75, 3.05) is 11.9 Å². The smallest absolute Gasteiger partial charge is 0.256 e. The molecule has 1 aromatic carbocycles. The summed E-state index contributed by atoms with van der Waals surface area (Å²) in [5, 5.41) is 3.01. The Kier molecular flexibility index (Phi) is 3.77. The van der Waals surface area contributed by atoms with Gasteiger partial charge in [-0.3, -0.25) is 9.78 Å². The lowest BCUT2D eigenvalue weighted by atomic mass is 10.1. The Hall–Kier alpha value is -2.10. The van der Waals surface area contributed by atoms with E-state index in [2.05, 4.69) is 15.3 Å². The molecule has 0 fully saturated rings. The van der Waals surface area contributed by atoms with E-state index in [0.29, 0.717) is 12.4 Å². The number of anilines is 1. The van der Waals surface area contributed by atoms with Crippen LogP contribution in [0, 0.1) is 6.92 Å². The van der Waals surface area contributed by atoms with Gasteiger partial charge in [0.25, 0.3) is 5.56 Å². The summed E-state index contributed by atoms with van der Waals surface area (Å²) in [5.74, 6) is 0.539. The van der Waals surface area contributed by atoms with Crippen molar-refractivity contribution >= 4 is 5.95 Å². The fourth-order valence-electron chi connectivity index (χ4n) is 1.87. The zero-order valence-electron chi connectivity index (χ0n) is 10.7. The van der Waals surface area contributed by atoms with Crippen LogP contribution in [-0.2, 0) is 6.42 Å². The Morgan fingerprint density at radius 1 is 1.28 bits per heavy atom. The first-order chi connectivity index (χ1) is 8.70. The topological polar surface area (TPSA) is 57.8 Å². The molecule has 0 saturated heterocycles. The molecule has 2 aromatic rings. The largest absolute Gasteiger partial charge is 0.356 e. The number of H-pyrrole nitrogens is 1. The van der Waals surface area contributed by atoms with Gasteiger partial charge in [0.15, 0.2) is 0 Å². The number of benzene rings is 1. The minimum Gasteiger partial charge on any atom is -0.356 e. The lowest BCUT2D eigenvalue weighted by Gasteiger charge is -2.07. The molecule has 2 N–H and O–H groups in total. The van der Waals surface area contributed by atoms with Crippen LogP contribution in [0.25, 0.3) is 0 Å². The molecule has 2 rings (SSSR count). The van der Waals surface area contributed by atoms with Crippen molar-refractivity contribution in [1.82, 2.24) is 9.97 Å². The third-order valence-electron chi connectivity index (χ3n) is 2.79. The maximum atomic E-state index is 12.0. The summed E-state index contributed by atoms with van der Waals surface area (Å²) in [6.07, 6.45) is 0.613. The van der Waals surface area contributed by atoms with Crippen LogP contribution in [0.4, 0.5) is 5.95 Å². The predicted octanol–water partition coefficient (Wildman–Crippen LogP) is 2.10. The van der Waals surface area contributed by atoms with Crippen LogP contribution in [0.2, 0.25) is 0 Å². The van der Waals surface area contributed by atoms with E-state index >= 15 is 0 Å². The van der Waals surface area contributed by atoms with Crippen LogP contribution >= 0.6 is 0 Å². The van der Waals surface area contributed by atoms with Crippen molar-refractivity contribution in [3.05, 3.63) is 57.5 Å². The van der Waals surface area contributed by atoms with E-state index in [0.717, 1.165) is 23.4 Å². The molecule has 18 heavy (non-hydrogen) atoms. The van der Waals surface area contributed by atoms with Crippen LogP contribution in [0.5, 0.6) is 0 Å². The van der Waals surface area contributed by atoms with Crippen LogP contribution in [0.1, 0.15) is 23.7 Å². The second-order valence-corrected chi connectivity index (χ2v) is 4.17. The van der Waals surface area contributed by atoms with Gasteiger partial charge in [0.2, 0.25) is 5.95 Å². The fourth-order valence-corrected chi connectivity index (χ4v) is 1.87. The Morgan fingerprint density at radius 3 is 2.61 bits per heavy atom. The highest BCUT2D eigenvalue weighted by Gasteiger charge is 2.08. The molecule has 0 spiro atoms. The van der Waals surface area contributed by atoms with Crippen LogP contribution in [-0.4, -0.2) is 16.5 Å². The quantitative estimate of drug-likeness (QED) is 0.864. The van der Waals surface area contributed by atoms with Crippen molar-refractivity contribution in [1.29, 1.82) is 0 Å². The predicted molar refractivity (Wildman–Crippen MR) is 73.0 cm³/mol. The molecular formula is C14H17N3O. The molecule has 94 valence electrons. The third kappa shape index (κ3) is 2.77. The van der Waals surface area contributed by atoms with E-state index in [1.165, 1.54) is 0 Å². The molecule has 1 heterocycles. The van der Waals surface area contributed by atoms with E-state index in [-0.39, 0.29) is 5.56 Å². The van der Waals surface area contributed by atoms with Gasteiger partial charge in [0.05, 0.1) is 5.69 Å². The Balaban J connectivity index is 2.32. The Bertz CT molecular complexity index is 575. The molecule has 0 atom stereocenters. The molecule has 0 radical (unpaired) electrons. The molecule has 0 bridgehead atoms. The van der Waals surface area contributed by atoms with Crippen LogP contribution in [0.15, 0.2) is 35.1 Å². The number of hydrogen-bond acceptors (Lipinski definition) is 3. The number of aromatic amines is 1. The molecule has 1 aromatic heterocycles. The molecule has 0 amide bonds. The van der Waals surface area contributed by atoms with Crippen molar-refractivity contribution in [2.45, 2.75) is 20.3 Å². The first-order valence-electron chi connectivity index (χ1n) is 6.08. The summed E-state index contributed by atoms with van der Waals surface area (Å²) in [7, 11) is 0. The average molecular weight is 243 g/mol. The summed E-state index contributed by atoms with van der Waals surface area (Å²) in [5.41, 5.74) is 2.55. The zero-order chi connectivity index (χ0) is 13.0. The summed E-state index contributed by atoms with van der Waals surface area (Å²) < 4.78 is 0. The molecule has 0 unspecified atom stereocenters. The zero-order valence-corrected chi connectivity index (χ0v) is 10.7. The van der Waals surface area contributed by atoms with Crippen molar-refractivity contribution in [3.63, 3.8) is 0 Å². The summed E-state index contributed by atoms with van der Waals surface area (Å²) >= 11 is 0. The Labute approximate surface area is 106 Å². The lowest BCUT2D eigenvalue weighted by molar-refractivity contribution is 0.966. The maximum Gasteiger partial charge on any atom is 0.256 e. The van der Waals surface area contributed by atoms with Gasteiger partial charge in [-0.25, -0.2) is 4.98 Å². The van der Waals surface area contributed by atoms with E-state index in [9.17, 15) is 4.79 Å². The SMILES string of the molecule is CCNc1nc(C)c(Cc2ccccc2)c(=O)[nH]1. The highest BCUT2D eigenvalue weighted by molar-refractivity contribution is 5.32. The van der Waals surface area contributed by atoms with Gasteiger partial charge >= 0.3 is 0 Å². The lowest BCUT2D eigenvalue weighted by Crippen LogP contribution is -2.19. The van der Waals surface area contributed by atoms with Gasteiger partial charge in [0.1, 0.15) is 0 Å². The number of aryl methyl sites for hydroxylation is 1. The van der Waals surface area contributed by atoms with Crippen molar-refractivity contribution in [3.8, 4) is 0 Å². The van der Waals surface area contributed by atoms with Crippen molar-refractivity contribution in [2.24, 2.45) is 0 Å². The monoisotopic (exact) mass is 243 g/mol. The van der Waals surface area contributed by atoms with E-state index < -0.39 is 0 Å². The van der Waals surface area contributed by atoms with Crippen molar-refractivity contribution < 1.29 is 0 Å². The second-order valence-electron chi connectivity index (χ2n) is 4.17. The fraction of sp³-hybridized carbons (Fsp3) is 0.286. The van der Waals surface area contributed by atoms with Gasteiger partial charge in [0, 0.05) is 18.5 Å². The first-order valence-corrected chi connectivity index (χ1v) is 6.08. The standard InChI is InChI=1S/C14H17N3O/c1-3-15-14-16-10(2)12(13(18)17-14)9-11-7-5-4-6-8-11/h4-8H,3,9H2,1-2H3,(H2,15,16,17,18). The number of hydrogen-bond donors (Lipinski definition) is 2. The third-order valence-corrected chi connectivity index (χ3v) is 2.79. The van der Waals surface area contributed by atoms with E-state index in [1.54, 1.807) is 0 Å². The molecule has 0 aliphatic carbocycles. The molecule has 0 aliphatic rings. The summed E-state index contributed by atoms with van der Waals surface area (Å²) in [6.45, 7) is 4.57. The van der Waals surface area contributed by atoms with Gasteiger partial charge in [-0.1, -0.05) is 30.3 Å². The number of rotatable bonds is 4. The van der Waals surface area contributed by atoms with Gasteiger partial charge in [-0.15, -0.1) is 0 Å². The minimum absolute atomic E-state index is 0.0673. The van der Waals surface area contributed by atoms with Gasteiger partial charge < -0.3 is 5.32 Å². The van der Waals surface area contributed by atoms with Crippen LogP contribution < -0.4 is 10.9 Å². The molecular weight excluding hydrogens is 226 g/mol. The van der Waals surface area contributed by atoms with Gasteiger partial charge in [-0.2, -0.15) is 0 Å². The maximum absolute atomic E-state index is 12.0. The molecule has 0 aliphatic heterocycles. The molecule has 0 saturated carbocycles. The summed E-state index contributed by atoms with van der Waals surface area (Å²) in [4.78, 5) is 19.1. The highest BCUT2D eigenvalue weighted by Crippen LogP contribution is 2.09. The Morgan fingerprint density at radius 2 is 2.00 bits per heavy atom. The number of nitrogens with zero attached hydrogens (tertiary/aromatic N) is 1. The first kappa shape index (κ1) is 12.4. The normalized spacial score (nSPS) is 10.3. The van der Waals surface area contributed by atoms with E-state index in [1.807, 2.05) is 44.2 Å². The molecule has 4 heteroatoms. The number of nitrogens with one attached hydrogen (secondary N) is 2.